The Hall–Kier alpha value is -0.240. The molecule has 0 saturated carbocycles. The second-order valence-electron chi connectivity index (χ2n) is 4.40. The van der Waals surface area contributed by atoms with Crippen LogP contribution in [0.2, 0.25) is 10.0 Å². The topological polar surface area (TPSA) is 12.0 Å². The van der Waals surface area contributed by atoms with Crippen molar-refractivity contribution >= 4 is 23.2 Å². The fourth-order valence-electron chi connectivity index (χ4n) is 1.98. The molecule has 0 atom stereocenters. The molecule has 1 nitrogen and oxygen atoms in total. The van der Waals surface area contributed by atoms with Crippen molar-refractivity contribution in [3.8, 4) is 0 Å². The number of hydrogen-bond donors (Lipinski definition) is 1. The van der Waals surface area contributed by atoms with Gasteiger partial charge in [-0.3, -0.25) is 0 Å². The fraction of sp³-hybridized carbons (Fsp3) is 0.455. The van der Waals surface area contributed by atoms with Gasteiger partial charge >= 0.3 is 0 Å². The second-order valence-corrected chi connectivity index (χ2v) is 5.24. The summed E-state index contributed by atoms with van der Waals surface area (Å²) in [4.78, 5) is 0. The maximum absolute atomic E-state index is 6.15. The lowest BCUT2D eigenvalue weighted by atomic mass is 9.79. The van der Waals surface area contributed by atoms with Crippen molar-refractivity contribution in [3.63, 3.8) is 0 Å². The number of fused-ring (bicyclic) bond motifs is 1. The summed E-state index contributed by atoms with van der Waals surface area (Å²) in [6.07, 6.45) is 0. The largest absolute Gasteiger partial charge is 0.312 e. The SMILES string of the molecule is CC1(C)CNCc2c(Cl)cc(Cl)cc21. The minimum Gasteiger partial charge on any atom is -0.312 e. The van der Waals surface area contributed by atoms with Gasteiger partial charge in [-0.2, -0.15) is 0 Å². The lowest BCUT2D eigenvalue weighted by Gasteiger charge is -2.33. The molecule has 1 aromatic rings. The summed E-state index contributed by atoms with van der Waals surface area (Å²) >= 11 is 12.2. The number of nitrogens with one attached hydrogen (secondary N) is 1. The Morgan fingerprint density at radius 1 is 1.29 bits per heavy atom. The van der Waals surface area contributed by atoms with E-state index in [4.69, 9.17) is 23.2 Å². The Kier molecular flexibility index (Phi) is 2.50. The molecular formula is C11H13Cl2N. The molecule has 0 saturated heterocycles. The lowest BCUT2D eigenvalue weighted by molar-refractivity contribution is 0.435. The van der Waals surface area contributed by atoms with Gasteiger partial charge in [-0.15, -0.1) is 0 Å². The zero-order valence-electron chi connectivity index (χ0n) is 8.32. The fourth-order valence-corrected chi connectivity index (χ4v) is 2.54. The van der Waals surface area contributed by atoms with Crippen LogP contribution >= 0.6 is 23.2 Å². The van der Waals surface area contributed by atoms with Gasteiger partial charge in [-0.05, 0) is 23.3 Å². The number of rotatable bonds is 0. The van der Waals surface area contributed by atoms with E-state index in [0.29, 0.717) is 0 Å². The molecule has 1 heterocycles. The third kappa shape index (κ3) is 1.65. The molecule has 0 bridgehead atoms. The summed E-state index contributed by atoms with van der Waals surface area (Å²) < 4.78 is 0. The van der Waals surface area contributed by atoms with Crippen molar-refractivity contribution in [1.29, 1.82) is 0 Å². The van der Waals surface area contributed by atoms with Gasteiger partial charge in [-0.25, -0.2) is 0 Å². The first kappa shape index (κ1) is 10.3. The molecule has 0 amide bonds. The average molecular weight is 230 g/mol. The van der Waals surface area contributed by atoms with Gasteiger partial charge in [0.05, 0.1) is 0 Å². The second kappa shape index (κ2) is 3.41. The first-order valence-corrected chi connectivity index (χ1v) is 5.45. The number of hydrogen-bond acceptors (Lipinski definition) is 1. The smallest absolute Gasteiger partial charge is 0.0468 e. The Bertz CT molecular complexity index is 372. The summed E-state index contributed by atoms with van der Waals surface area (Å²) in [5.74, 6) is 0. The monoisotopic (exact) mass is 229 g/mol. The van der Waals surface area contributed by atoms with Crippen LogP contribution in [0, 0.1) is 0 Å². The highest BCUT2D eigenvalue weighted by Crippen LogP contribution is 2.35. The molecule has 0 spiro atoms. The Morgan fingerprint density at radius 2 is 2.00 bits per heavy atom. The van der Waals surface area contributed by atoms with Crippen molar-refractivity contribution < 1.29 is 0 Å². The third-order valence-corrected chi connectivity index (χ3v) is 3.31. The maximum Gasteiger partial charge on any atom is 0.0468 e. The molecule has 2 rings (SSSR count). The van der Waals surface area contributed by atoms with Crippen LogP contribution in [-0.2, 0) is 12.0 Å². The third-order valence-electron chi connectivity index (χ3n) is 2.76. The molecule has 0 aliphatic carbocycles. The van der Waals surface area contributed by atoms with E-state index < -0.39 is 0 Å². The van der Waals surface area contributed by atoms with Crippen molar-refractivity contribution in [1.82, 2.24) is 5.32 Å². The molecule has 0 radical (unpaired) electrons. The standard InChI is InChI=1S/C11H13Cl2N/c1-11(2)6-14-5-8-9(11)3-7(12)4-10(8)13/h3-4,14H,5-6H2,1-2H3. The Morgan fingerprint density at radius 3 is 2.71 bits per heavy atom. The van der Waals surface area contributed by atoms with Gasteiger partial charge in [0.15, 0.2) is 0 Å². The number of halogens is 2. The van der Waals surface area contributed by atoms with E-state index >= 15 is 0 Å². The van der Waals surface area contributed by atoms with Crippen LogP contribution < -0.4 is 5.32 Å². The van der Waals surface area contributed by atoms with Gasteiger partial charge in [0.2, 0.25) is 0 Å². The van der Waals surface area contributed by atoms with E-state index in [-0.39, 0.29) is 5.41 Å². The van der Waals surface area contributed by atoms with Gasteiger partial charge in [-0.1, -0.05) is 37.0 Å². The molecule has 3 heteroatoms. The summed E-state index contributed by atoms with van der Waals surface area (Å²) in [5.41, 5.74) is 2.57. The Labute approximate surface area is 94.4 Å². The van der Waals surface area contributed by atoms with Crippen molar-refractivity contribution in [3.05, 3.63) is 33.3 Å². The molecule has 0 aromatic heterocycles. The minimum atomic E-state index is 0.113. The maximum atomic E-state index is 6.15. The summed E-state index contributed by atoms with van der Waals surface area (Å²) in [6, 6.07) is 3.84. The van der Waals surface area contributed by atoms with Crippen molar-refractivity contribution in [2.24, 2.45) is 0 Å². The molecule has 1 aromatic carbocycles. The van der Waals surface area contributed by atoms with E-state index in [2.05, 4.69) is 19.2 Å². The summed E-state index contributed by atoms with van der Waals surface area (Å²) in [5, 5.41) is 4.86. The van der Waals surface area contributed by atoms with E-state index in [0.717, 1.165) is 23.1 Å². The normalized spacial score (nSPS) is 19.1. The van der Waals surface area contributed by atoms with Crippen LogP contribution in [0.15, 0.2) is 12.1 Å². The highest BCUT2D eigenvalue weighted by atomic mass is 35.5. The first-order chi connectivity index (χ1) is 6.50. The van der Waals surface area contributed by atoms with Crippen LogP contribution in [-0.4, -0.2) is 6.54 Å². The molecule has 1 aliphatic rings. The van der Waals surface area contributed by atoms with Crippen LogP contribution in [0.25, 0.3) is 0 Å². The molecular weight excluding hydrogens is 217 g/mol. The van der Waals surface area contributed by atoms with Gasteiger partial charge < -0.3 is 5.32 Å². The van der Waals surface area contributed by atoms with E-state index in [1.54, 1.807) is 0 Å². The quantitative estimate of drug-likeness (QED) is 0.720. The highest BCUT2D eigenvalue weighted by Gasteiger charge is 2.28. The van der Waals surface area contributed by atoms with Gasteiger partial charge in [0, 0.05) is 28.5 Å². The Balaban J connectivity index is 2.63. The van der Waals surface area contributed by atoms with Crippen LogP contribution in [0.5, 0.6) is 0 Å². The molecule has 14 heavy (non-hydrogen) atoms. The van der Waals surface area contributed by atoms with Crippen LogP contribution in [0.1, 0.15) is 25.0 Å². The van der Waals surface area contributed by atoms with Crippen molar-refractivity contribution in [2.45, 2.75) is 25.8 Å². The van der Waals surface area contributed by atoms with Crippen molar-refractivity contribution in [2.75, 3.05) is 6.54 Å². The van der Waals surface area contributed by atoms with Gasteiger partial charge in [0.25, 0.3) is 0 Å². The minimum absolute atomic E-state index is 0.113. The molecule has 0 unspecified atom stereocenters. The van der Waals surface area contributed by atoms with Crippen LogP contribution in [0.4, 0.5) is 0 Å². The molecule has 1 aliphatic heterocycles. The highest BCUT2D eigenvalue weighted by molar-refractivity contribution is 6.35. The zero-order chi connectivity index (χ0) is 10.3. The predicted molar refractivity (Wildman–Crippen MR) is 61.2 cm³/mol. The van der Waals surface area contributed by atoms with Gasteiger partial charge in [0.1, 0.15) is 0 Å². The van der Waals surface area contributed by atoms with Crippen LogP contribution in [0.3, 0.4) is 0 Å². The molecule has 1 N–H and O–H groups in total. The predicted octanol–water partition coefficient (Wildman–Crippen LogP) is 3.37. The summed E-state index contributed by atoms with van der Waals surface area (Å²) in [6.45, 7) is 6.21. The van der Waals surface area contributed by atoms with E-state index in [9.17, 15) is 0 Å². The first-order valence-electron chi connectivity index (χ1n) is 4.70. The molecule has 0 fully saturated rings. The van der Waals surface area contributed by atoms with E-state index in [1.165, 1.54) is 11.1 Å². The average Bonchev–Trinajstić information content (AvgIpc) is 2.06. The number of benzene rings is 1. The van der Waals surface area contributed by atoms with E-state index in [1.807, 2.05) is 12.1 Å². The zero-order valence-corrected chi connectivity index (χ0v) is 9.84. The summed E-state index contributed by atoms with van der Waals surface area (Å²) in [7, 11) is 0. The lowest BCUT2D eigenvalue weighted by Crippen LogP contribution is -2.38. The molecule has 76 valence electrons.